The van der Waals surface area contributed by atoms with Crippen molar-refractivity contribution in [3.05, 3.63) is 94.1 Å². The van der Waals surface area contributed by atoms with Crippen molar-refractivity contribution in [2.24, 2.45) is 0 Å². The number of aromatic nitrogens is 1. The number of hydrogen-bond acceptors (Lipinski definition) is 7. The molecule has 4 aromatic rings. The molecule has 1 saturated heterocycles. The molecule has 1 aromatic heterocycles. The van der Waals surface area contributed by atoms with Crippen LogP contribution in [0.25, 0.3) is 10.9 Å². The van der Waals surface area contributed by atoms with E-state index in [0.29, 0.717) is 58.1 Å². The van der Waals surface area contributed by atoms with Crippen LogP contribution in [0.5, 0.6) is 11.5 Å². The molecule has 1 aliphatic rings. The fourth-order valence-electron chi connectivity index (χ4n) is 6.00. The Hall–Kier alpha value is -4.34. The van der Waals surface area contributed by atoms with Crippen molar-refractivity contribution >= 4 is 40.3 Å². The molecule has 3 aromatic carbocycles. The molecule has 47 heavy (non-hydrogen) atoms. The minimum absolute atomic E-state index is 0.0365. The van der Waals surface area contributed by atoms with Crippen molar-refractivity contribution in [3.63, 3.8) is 0 Å². The normalized spacial score (nSPS) is 13.8. The number of methoxy groups -OCH3 is 1. The van der Waals surface area contributed by atoms with Crippen molar-refractivity contribution in [3.8, 4) is 11.5 Å². The van der Waals surface area contributed by atoms with E-state index in [0.717, 1.165) is 25.4 Å². The van der Waals surface area contributed by atoms with E-state index in [-0.39, 0.29) is 24.7 Å². The number of amides is 1. The lowest BCUT2D eigenvalue weighted by Crippen LogP contribution is -2.30. The van der Waals surface area contributed by atoms with Crippen LogP contribution in [0.15, 0.2) is 66.7 Å². The van der Waals surface area contributed by atoms with Gasteiger partial charge in [-0.05, 0) is 112 Å². The molecule has 248 valence electrons. The van der Waals surface area contributed by atoms with Gasteiger partial charge in [0.25, 0.3) is 5.91 Å². The van der Waals surface area contributed by atoms with E-state index in [1.165, 1.54) is 18.4 Å². The van der Waals surface area contributed by atoms with Crippen LogP contribution in [-0.4, -0.2) is 66.7 Å². The predicted molar refractivity (Wildman–Crippen MR) is 182 cm³/mol. The van der Waals surface area contributed by atoms with Crippen LogP contribution in [0.2, 0.25) is 5.02 Å². The third-order valence-electron chi connectivity index (χ3n) is 8.38. The van der Waals surface area contributed by atoms with Crippen molar-refractivity contribution in [1.82, 2.24) is 14.8 Å². The molecule has 1 unspecified atom stereocenters. The summed E-state index contributed by atoms with van der Waals surface area (Å²) in [7, 11) is 1.56. The molecule has 10 heteroatoms. The third-order valence-corrected chi connectivity index (χ3v) is 8.63. The van der Waals surface area contributed by atoms with E-state index in [1.807, 2.05) is 18.2 Å². The maximum Gasteiger partial charge on any atom is 0.310 e. The molecule has 0 spiro atoms. The molecule has 1 N–H and O–H groups in total. The quantitative estimate of drug-likeness (QED) is 0.125. The first-order valence-electron chi connectivity index (χ1n) is 16.1. The van der Waals surface area contributed by atoms with Crippen molar-refractivity contribution in [2.75, 3.05) is 33.4 Å². The van der Waals surface area contributed by atoms with Gasteiger partial charge in [-0.1, -0.05) is 23.7 Å². The number of hydrogen-bond donors (Lipinski definition) is 1. The molecule has 1 fully saturated rings. The summed E-state index contributed by atoms with van der Waals surface area (Å²) < 4.78 is 18.5. The highest BCUT2D eigenvalue weighted by Crippen LogP contribution is 2.31. The minimum atomic E-state index is -0.629. The summed E-state index contributed by atoms with van der Waals surface area (Å²) in [6, 6.07) is 20.2. The van der Waals surface area contributed by atoms with Gasteiger partial charge in [-0.25, -0.2) is 0 Å². The number of likely N-dealkylation sites (tertiary alicyclic amines) is 1. The van der Waals surface area contributed by atoms with Gasteiger partial charge in [0.2, 0.25) is 5.91 Å². The highest BCUT2D eigenvalue weighted by atomic mass is 35.5. The number of rotatable bonds is 14. The molecule has 0 saturated carbocycles. The summed E-state index contributed by atoms with van der Waals surface area (Å²) in [5, 5.41) is 4.13. The lowest BCUT2D eigenvalue weighted by Gasteiger charge is -2.15. The van der Waals surface area contributed by atoms with Gasteiger partial charge in [0, 0.05) is 34.8 Å². The zero-order chi connectivity index (χ0) is 33.3. The lowest BCUT2D eigenvalue weighted by molar-refractivity contribution is -0.148. The number of carbonyl (C=O) groups is 3. The monoisotopic (exact) mass is 659 g/mol. The molecule has 0 radical (unpaired) electrons. The van der Waals surface area contributed by atoms with Crippen LogP contribution in [-0.2, 0) is 27.3 Å². The fraction of sp³-hybridized carbons (Fsp3) is 0.378. The molecular weight excluding hydrogens is 618 g/mol. The number of carbonyl (C=O) groups excluding carboxylic acids is 3. The highest BCUT2D eigenvalue weighted by molar-refractivity contribution is 6.30. The molecule has 1 atom stereocenters. The summed E-state index contributed by atoms with van der Waals surface area (Å²) in [6.07, 6.45) is 2.52. The average molecular weight is 660 g/mol. The van der Waals surface area contributed by atoms with Crippen LogP contribution < -0.4 is 14.8 Å². The zero-order valence-corrected chi connectivity index (χ0v) is 28.0. The van der Waals surface area contributed by atoms with Gasteiger partial charge in [0.15, 0.2) is 0 Å². The maximum atomic E-state index is 13.5. The molecule has 0 aliphatic carbocycles. The molecule has 0 bridgehead atoms. The zero-order valence-electron chi connectivity index (χ0n) is 27.2. The minimum Gasteiger partial charge on any atom is -0.497 e. The standard InChI is InChI=1S/C37H42ClN3O6/c1-25(20-35(42)39-16-7-19-46-31-9-6-8-27(21-31)24-40-17-4-5-18-40)47-36(43)23-32-26(2)41(34-15-14-30(45-3)22-33(32)34)37(44)28-10-12-29(38)13-11-28/h6,8-15,21-22,25H,4-5,7,16-20,23-24H2,1-3H3,(H,39,42). The Balaban J connectivity index is 1.11. The van der Waals surface area contributed by atoms with E-state index in [1.54, 1.807) is 61.9 Å². The van der Waals surface area contributed by atoms with E-state index in [2.05, 4.69) is 22.3 Å². The largest absolute Gasteiger partial charge is 0.497 e. The van der Waals surface area contributed by atoms with Gasteiger partial charge in [0.05, 0.1) is 32.1 Å². The maximum absolute atomic E-state index is 13.5. The Morgan fingerprint density at radius 1 is 0.979 bits per heavy atom. The molecule has 2 heterocycles. The Labute approximate surface area is 280 Å². The Bertz CT molecular complexity index is 1710. The topological polar surface area (TPSA) is 99.1 Å². The summed E-state index contributed by atoms with van der Waals surface area (Å²) >= 11 is 6.03. The van der Waals surface area contributed by atoms with E-state index >= 15 is 0 Å². The van der Waals surface area contributed by atoms with Crippen LogP contribution in [0.1, 0.15) is 59.8 Å². The van der Waals surface area contributed by atoms with Gasteiger partial charge in [-0.3, -0.25) is 23.9 Å². The first-order chi connectivity index (χ1) is 22.7. The van der Waals surface area contributed by atoms with Crippen molar-refractivity contribution in [2.45, 2.75) is 58.6 Å². The Morgan fingerprint density at radius 3 is 2.49 bits per heavy atom. The van der Waals surface area contributed by atoms with E-state index in [4.69, 9.17) is 25.8 Å². The van der Waals surface area contributed by atoms with Crippen LogP contribution >= 0.6 is 11.6 Å². The molecular formula is C37H42ClN3O6. The number of esters is 1. The number of fused-ring (bicyclic) bond motifs is 1. The van der Waals surface area contributed by atoms with E-state index in [9.17, 15) is 14.4 Å². The van der Waals surface area contributed by atoms with Gasteiger partial charge in [-0.2, -0.15) is 0 Å². The Kier molecular flexibility index (Phi) is 11.6. The second kappa shape index (κ2) is 16.0. The number of nitrogens with zero attached hydrogens (tertiary/aromatic N) is 2. The van der Waals surface area contributed by atoms with Gasteiger partial charge < -0.3 is 19.5 Å². The molecule has 1 amide bonds. The number of ether oxygens (including phenoxy) is 3. The summed E-state index contributed by atoms with van der Waals surface area (Å²) in [6.45, 7) is 7.67. The SMILES string of the molecule is COc1ccc2c(c1)c(CC(=O)OC(C)CC(=O)NCCCOc1cccc(CN3CCCC3)c1)c(C)n2C(=O)c1ccc(Cl)cc1. The summed E-state index contributed by atoms with van der Waals surface area (Å²) in [5.74, 6) is 0.499. The van der Waals surface area contributed by atoms with Gasteiger partial charge >= 0.3 is 5.97 Å². The first kappa shape index (κ1) is 34.0. The summed E-state index contributed by atoms with van der Waals surface area (Å²) in [4.78, 5) is 41.6. The van der Waals surface area contributed by atoms with Gasteiger partial charge in [0.1, 0.15) is 17.6 Å². The van der Waals surface area contributed by atoms with Crippen molar-refractivity contribution < 1.29 is 28.6 Å². The second-order valence-electron chi connectivity index (χ2n) is 12.0. The smallest absolute Gasteiger partial charge is 0.310 e. The fourth-order valence-corrected chi connectivity index (χ4v) is 6.13. The lowest BCUT2D eigenvalue weighted by atomic mass is 10.1. The second-order valence-corrected chi connectivity index (χ2v) is 12.4. The Morgan fingerprint density at radius 2 is 1.74 bits per heavy atom. The third kappa shape index (κ3) is 8.93. The van der Waals surface area contributed by atoms with E-state index < -0.39 is 12.1 Å². The average Bonchev–Trinajstić information content (AvgIpc) is 3.66. The first-order valence-corrected chi connectivity index (χ1v) is 16.5. The molecule has 5 rings (SSSR count). The van der Waals surface area contributed by atoms with Crippen LogP contribution in [0, 0.1) is 6.92 Å². The number of halogens is 1. The van der Waals surface area contributed by atoms with Crippen LogP contribution in [0.4, 0.5) is 0 Å². The van der Waals surface area contributed by atoms with Crippen LogP contribution in [0.3, 0.4) is 0 Å². The predicted octanol–water partition coefficient (Wildman–Crippen LogP) is 6.35. The molecule has 9 nitrogen and oxygen atoms in total. The highest BCUT2D eigenvalue weighted by Gasteiger charge is 2.24. The molecule has 1 aliphatic heterocycles. The summed E-state index contributed by atoms with van der Waals surface area (Å²) in [5.41, 5.74) is 3.64. The van der Waals surface area contributed by atoms with Gasteiger partial charge in [-0.15, -0.1) is 0 Å². The number of benzene rings is 3. The number of nitrogens with one attached hydrogen (secondary N) is 1. The van der Waals surface area contributed by atoms with Crippen molar-refractivity contribution in [1.29, 1.82) is 0 Å².